The number of fused-ring (bicyclic) bond motifs is 1. The van der Waals surface area contributed by atoms with Gasteiger partial charge < -0.3 is 5.02 Å². The third-order valence-electron chi connectivity index (χ3n) is 3.84. The molecule has 0 radical (unpaired) electrons. The average Bonchev–Trinajstić information content (AvgIpc) is 2.61. The first kappa shape index (κ1) is 17.1. The SMILES string of the molecule is Cc1ccc(S(=O)(=O)N2N=Cc3ccc(C(=O)NN)cc3B2O)cc1. The van der Waals surface area contributed by atoms with E-state index in [9.17, 15) is 18.2 Å². The fourth-order valence-electron chi connectivity index (χ4n) is 2.45. The summed E-state index contributed by atoms with van der Waals surface area (Å²) >= 11 is 0. The van der Waals surface area contributed by atoms with Crippen LogP contribution in [0.25, 0.3) is 0 Å². The van der Waals surface area contributed by atoms with Crippen LogP contribution in [-0.4, -0.2) is 36.9 Å². The van der Waals surface area contributed by atoms with Gasteiger partial charge in [-0.15, -0.1) is 0 Å². The van der Waals surface area contributed by atoms with E-state index in [0.29, 0.717) is 9.89 Å². The van der Waals surface area contributed by atoms with Crippen LogP contribution in [0.15, 0.2) is 52.5 Å². The monoisotopic (exact) mass is 358 g/mol. The number of nitrogens with one attached hydrogen (secondary N) is 1. The number of amides is 1. The highest BCUT2D eigenvalue weighted by molar-refractivity contribution is 7.90. The van der Waals surface area contributed by atoms with E-state index in [1.54, 1.807) is 18.2 Å². The minimum atomic E-state index is -4.05. The summed E-state index contributed by atoms with van der Waals surface area (Å²) in [4.78, 5) is 11.7. The molecule has 0 fully saturated rings. The lowest BCUT2D eigenvalue weighted by Gasteiger charge is -2.26. The van der Waals surface area contributed by atoms with Crippen molar-refractivity contribution < 1.29 is 18.2 Å². The summed E-state index contributed by atoms with van der Waals surface area (Å²) in [5.41, 5.74) is 3.85. The first-order valence-corrected chi connectivity index (χ1v) is 8.76. The van der Waals surface area contributed by atoms with Crippen LogP contribution in [0, 0.1) is 6.92 Å². The van der Waals surface area contributed by atoms with Crippen molar-refractivity contribution in [2.75, 3.05) is 0 Å². The Hall–Kier alpha value is -2.69. The summed E-state index contributed by atoms with van der Waals surface area (Å²) in [6.45, 7) is 1.84. The number of nitrogens with two attached hydrogens (primary N) is 1. The predicted octanol–water partition coefficient (Wildman–Crippen LogP) is -0.676. The van der Waals surface area contributed by atoms with Crippen molar-refractivity contribution in [2.24, 2.45) is 10.9 Å². The Morgan fingerprint density at radius 3 is 2.56 bits per heavy atom. The number of aryl methyl sites for hydroxylation is 1. The molecule has 3 rings (SSSR count). The highest BCUT2D eigenvalue weighted by Crippen LogP contribution is 2.20. The molecule has 1 heterocycles. The summed E-state index contributed by atoms with van der Waals surface area (Å²) in [5, 5.41) is 14.4. The van der Waals surface area contributed by atoms with Crippen molar-refractivity contribution in [3.8, 4) is 0 Å². The second-order valence-corrected chi connectivity index (χ2v) is 7.32. The number of nitrogen functional groups attached to an aromatic ring is 1. The molecule has 0 spiro atoms. The van der Waals surface area contributed by atoms with Crippen molar-refractivity contribution in [3.05, 3.63) is 59.2 Å². The van der Waals surface area contributed by atoms with Crippen LogP contribution in [0.1, 0.15) is 21.5 Å². The van der Waals surface area contributed by atoms with E-state index in [-0.39, 0.29) is 15.9 Å². The molecule has 10 heteroatoms. The van der Waals surface area contributed by atoms with Gasteiger partial charge in [-0.05, 0) is 42.2 Å². The zero-order chi connectivity index (χ0) is 18.2. The Balaban J connectivity index is 2.02. The van der Waals surface area contributed by atoms with Gasteiger partial charge in [0, 0.05) is 5.56 Å². The molecular weight excluding hydrogens is 343 g/mol. The molecule has 25 heavy (non-hydrogen) atoms. The summed E-state index contributed by atoms with van der Waals surface area (Å²) < 4.78 is 26.1. The van der Waals surface area contributed by atoms with E-state index in [1.807, 2.05) is 12.3 Å². The standard InChI is InChI=1S/C15H15BN4O4S/c1-10-2-6-13(7-3-10)25(23,24)20-16(22)14-8-11(15(21)19-17)4-5-12(14)9-18-20/h2-9,22H,17H2,1H3,(H,19,21). The molecular formula is C15H15BN4O4S. The van der Waals surface area contributed by atoms with Crippen LogP contribution >= 0.6 is 0 Å². The fourth-order valence-corrected chi connectivity index (χ4v) is 3.70. The lowest BCUT2D eigenvalue weighted by molar-refractivity contribution is 0.0953. The summed E-state index contributed by atoms with van der Waals surface area (Å²) in [6.07, 6.45) is 1.32. The van der Waals surface area contributed by atoms with Crippen LogP contribution in [0.5, 0.6) is 0 Å². The van der Waals surface area contributed by atoms with E-state index in [1.165, 1.54) is 30.5 Å². The highest BCUT2D eigenvalue weighted by atomic mass is 32.2. The Labute approximate surface area is 145 Å². The maximum Gasteiger partial charge on any atom is 0.484 e. The number of sulfonamides is 1. The molecule has 0 aliphatic carbocycles. The number of hydrogen-bond donors (Lipinski definition) is 3. The molecule has 0 aromatic heterocycles. The average molecular weight is 358 g/mol. The second kappa shape index (κ2) is 6.32. The van der Waals surface area contributed by atoms with Crippen LogP contribution < -0.4 is 16.7 Å². The van der Waals surface area contributed by atoms with Crippen molar-refractivity contribution >= 4 is 34.7 Å². The maximum atomic E-state index is 12.7. The molecule has 0 atom stereocenters. The summed E-state index contributed by atoms with van der Waals surface area (Å²) in [6, 6.07) is 10.6. The molecule has 0 bridgehead atoms. The molecule has 0 saturated heterocycles. The van der Waals surface area contributed by atoms with Crippen molar-refractivity contribution in [1.82, 2.24) is 9.75 Å². The van der Waals surface area contributed by atoms with Gasteiger partial charge in [-0.1, -0.05) is 23.8 Å². The van der Waals surface area contributed by atoms with E-state index in [0.717, 1.165) is 5.56 Å². The minimum absolute atomic E-state index is 0.00797. The van der Waals surface area contributed by atoms with Gasteiger partial charge in [-0.25, -0.2) is 14.3 Å². The Bertz CT molecular complexity index is 960. The van der Waals surface area contributed by atoms with Crippen molar-refractivity contribution in [3.63, 3.8) is 0 Å². The third-order valence-corrected chi connectivity index (χ3v) is 5.50. The largest absolute Gasteiger partial charge is 0.484 e. The predicted molar refractivity (Wildman–Crippen MR) is 93.5 cm³/mol. The Kier molecular flexibility index (Phi) is 4.33. The van der Waals surface area contributed by atoms with Gasteiger partial charge >= 0.3 is 7.05 Å². The zero-order valence-corrected chi connectivity index (χ0v) is 14.1. The molecule has 1 amide bonds. The number of hydrazine groups is 1. The van der Waals surface area contributed by atoms with Crippen LogP contribution in [0.3, 0.4) is 0 Å². The highest BCUT2D eigenvalue weighted by Gasteiger charge is 2.38. The van der Waals surface area contributed by atoms with Gasteiger partial charge in [-0.2, -0.15) is 9.43 Å². The van der Waals surface area contributed by atoms with Gasteiger partial charge in [0.15, 0.2) is 0 Å². The molecule has 0 unspecified atom stereocenters. The number of hydrazone groups is 1. The van der Waals surface area contributed by atoms with Gasteiger partial charge in [0.2, 0.25) is 0 Å². The van der Waals surface area contributed by atoms with Crippen LogP contribution in [-0.2, 0) is 10.0 Å². The molecule has 1 aliphatic heterocycles. The molecule has 4 N–H and O–H groups in total. The van der Waals surface area contributed by atoms with Crippen LogP contribution in [0.4, 0.5) is 0 Å². The molecule has 1 aliphatic rings. The van der Waals surface area contributed by atoms with Gasteiger partial charge in [0.05, 0.1) is 11.1 Å². The number of carbonyl (C=O) groups is 1. The van der Waals surface area contributed by atoms with Crippen molar-refractivity contribution in [1.29, 1.82) is 0 Å². The van der Waals surface area contributed by atoms with E-state index < -0.39 is 23.0 Å². The van der Waals surface area contributed by atoms with E-state index >= 15 is 0 Å². The Morgan fingerprint density at radius 2 is 1.92 bits per heavy atom. The molecule has 2 aromatic rings. The lowest BCUT2D eigenvalue weighted by Crippen LogP contribution is -2.52. The summed E-state index contributed by atoms with van der Waals surface area (Å²) in [5.74, 6) is 4.55. The fraction of sp³-hybridized carbons (Fsp3) is 0.0667. The maximum absolute atomic E-state index is 12.7. The van der Waals surface area contributed by atoms with Crippen molar-refractivity contribution in [2.45, 2.75) is 11.8 Å². The minimum Gasteiger partial charge on any atom is -0.427 e. The topological polar surface area (TPSA) is 125 Å². The van der Waals surface area contributed by atoms with Gasteiger partial charge in [-0.3, -0.25) is 10.2 Å². The molecule has 128 valence electrons. The third kappa shape index (κ3) is 3.02. The molecule has 2 aromatic carbocycles. The number of carbonyl (C=O) groups excluding carboxylic acids is 1. The number of nitrogens with zero attached hydrogens (tertiary/aromatic N) is 2. The second-order valence-electron chi connectivity index (χ2n) is 5.53. The summed E-state index contributed by atoms with van der Waals surface area (Å²) in [7, 11) is -5.61. The van der Waals surface area contributed by atoms with Crippen LogP contribution in [0.2, 0.25) is 0 Å². The van der Waals surface area contributed by atoms with Gasteiger partial charge in [0.25, 0.3) is 15.9 Å². The zero-order valence-electron chi connectivity index (χ0n) is 13.2. The first-order valence-electron chi connectivity index (χ1n) is 7.32. The van der Waals surface area contributed by atoms with E-state index in [4.69, 9.17) is 5.84 Å². The smallest absolute Gasteiger partial charge is 0.427 e. The molecule has 0 saturated carbocycles. The molecule has 8 nitrogen and oxygen atoms in total. The number of rotatable bonds is 3. The quantitative estimate of drug-likeness (QED) is 0.290. The number of benzene rings is 2. The van der Waals surface area contributed by atoms with Gasteiger partial charge in [0.1, 0.15) is 0 Å². The normalized spacial score (nSPS) is 13.6. The first-order chi connectivity index (χ1) is 11.8. The Morgan fingerprint density at radius 1 is 1.24 bits per heavy atom. The lowest BCUT2D eigenvalue weighted by atomic mass is 9.71. The van der Waals surface area contributed by atoms with E-state index in [2.05, 4.69) is 5.10 Å². The number of hydrogen-bond acceptors (Lipinski definition) is 6.